The molecular weight excluding hydrogens is 323 g/mol. The molecule has 118 valence electrons. The van der Waals surface area contributed by atoms with Crippen LogP contribution in [0.4, 0.5) is 13.2 Å². The minimum absolute atomic E-state index is 0.246. The van der Waals surface area contributed by atoms with Crippen molar-refractivity contribution in [2.75, 3.05) is 6.26 Å². The summed E-state index contributed by atoms with van der Waals surface area (Å²) in [4.78, 5) is 0. The maximum absolute atomic E-state index is 11.4. The van der Waals surface area contributed by atoms with E-state index < -0.39 is 25.6 Å². The van der Waals surface area contributed by atoms with E-state index in [1.807, 2.05) is 17.8 Å². The number of alkyl halides is 3. The number of sulfonamides is 2. The van der Waals surface area contributed by atoms with Crippen molar-refractivity contribution < 1.29 is 34.6 Å². The van der Waals surface area contributed by atoms with Crippen molar-refractivity contribution in [3.05, 3.63) is 22.8 Å². The molecule has 0 aliphatic carbocycles. The lowest BCUT2D eigenvalue weighted by Crippen LogP contribution is -2.23. The fourth-order valence-corrected chi connectivity index (χ4v) is 2.67. The molecule has 7 nitrogen and oxygen atoms in total. The van der Waals surface area contributed by atoms with E-state index in [1.54, 1.807) is 4.13 Å². The van der Waals surface area contributed by atoms with Crippen LogP contribution in [0.2, 0.25) is 0 Å². The van der Waals surface area contributed by atoms with Crippen LogP contribution < -0.4 is 4.57 Å². The topological polar surface area (TPSA) is 91.2 Å². The molecule has 0 amide bonds. The summed E-state index contributed by atoms with van der Waals surface area (Å²) in [6.45, 7) is 3.18. The van der Waals surface area contributed by atoms with E-state index in [0.29, 0.717) is 0 Å². The molecule has 0 fully saturated rings. The second kappa shape index (κ2) is 6.54. The van der Waals surface area contributed by atoms with E-state index in [2.05, 4.69) is 24.0 Å². The first-order valence-corrected chi connectivity index (χ1v) is 8.34. The van der Waals surface area contributed by atoms with Gasteiger partial charge in [-0.1, -0.05) is 0 Å². The fourth-order valence-electron chi connectivity index (χ4n) is 0.909. The summed E-state index contributed by atoms with van der Waals surface area (Å²) in [5.41, 5.74) is -5.67. The molecule has 0 atom stereocenters. The second-order valence-electron chi connectivity index (χ2n) is 3.64. The van der Waals surface area contributed by atoms with Gasteiger partial charge in [-0.05, 0) is 6.92 Å². The molecular formula is C8H14F3N3O4S2. The summed E-state index contributed by atoms with van der Waals surface area (Å²) in [5.74, 6) is 0. The van der Waals surface area contributed by atoms with Crippen molar-refractivity contribution in [2.24, 2.45) is 7.05 Å². The Morgan fingerprint density at radius 1 is 1.25 bits per heavy atom. The third-order valence-electron chi connectivity index (χ3n) is 1.71. The largest absolute Gasteiger partial charge is 0.480 e. The van der Waals surface area contributed by atoms with Gasteiger partial charge < -0.3 is 4.13 Å². The molecule has 0 bridgehead atoms. The summed E-state index contributed by atoms with van der Waals surface area (Å²) in [7, 11) is -8.45. The van der Waals surface area contributed by atoms with Crippen LogP contribution in [0.5, 0.6) is 0 Å². The lowest BCUT2D eigenvalue weighted by molar-refractivity contribution is -0.671. The van der Waals surface area contributed by atoms with Crippen LogP contribution in [-0.2, 0) is 33.6 Å². The zero-order chi connectivity index (χ0) is 16.2. The van der Waals surface area contributed by atoms with E-state index in [-0.39, 0.29) is 6.26 Å². The molecule has 0 saturated heterocycles. The monoisotopic (exact) mass is 337 g/mol. The van der Waals surface area contributed by atoms with Crippen molar-refractivity contribution in [3.8, 4) is 0 Å². The van der Waals surface area contributed by atoms with Gasteiger partial charge in [-0.15, -0.1) is 0 Å². The zero-order valence-corrected chi connectivity index (χ0v) is 12.5. The van der Waals surface area contributed by atoms with Gasteiger partial charge in [0.2, 0.25) is 6.33 Å². The number of aryl methyl sites for hydroxylation is 2. The molecule has 12 heteroatoms. The normalized spacial score (nSPS) is 12.7. The van der Waals surface area contributed by atoms with Crippen molar-refractivity contribution in [3.63, 3.8) is 0 Å². The smallest absolute Gasteiger partial charge is 0.429 e. The Balaban J connectivity index is 0.000000388. The Bertz CT molecular complexity index is 634. The lowest BCUT2D eigenvalue weighted by Gasteiger charge is -2.19. The van der Waals surface area contributed by atoms with Crippen molar-refractivity contribution in [2.45, 2.75) is 19.0 Å². The molecule has 1 aromatic rings. The lowest BCUT2D eigenvalue weighted by atomic mass is 10.7. The molecule has 0 radical (unpaired) electrons. The van der Waals surface area contributed by atoms with E-state index in [1.165, 1.54) is 0 Å². The third-order valence-corrected chi connectivity index (χ3v) is 4.17. The van der Waals surface area contributed by atoms with Crippen LogP contribution in [0.3, 0.4) is 0 Å². The van der Waals surface area contributed by atoms with Gasteiger partial charge in [-0.2, -0.15) is 13.2 Å². The Kier molecular flexibility index (Phi) is 6.17. The average Bonchev–Trinajstić information content (AvgIpc) is 2.59. The predicted molar refractivity (Wildman–Crippen MR) is 64.5 cm³/mol. The summed E-state index contributed by atoms with van der Waals surface area (Å²) >= 11 is 0. The van der Waals surface area contributed by atoms with Gasteiger partial charge in [0.15, 0.2) is 10.0 Å². The molecule has 1 heterocycles. The minimum atomic E-state index is -5.92. The number of nitrogens with zero attached hydrogens (tertiary/aromatic N) is 3. The minimum Gasteiger partial charge on any atom is -0.429 e. The van der Waals surface area contributed by atoms with Crippen LogP contribution in [-0.4, -0.2) is 33.2 Å². The van der Waals surface area contributed by atoms with Crippen LogP contribution in [0.1, 0.15) is 6.92 Å². The highest BCUT2D eigenvalue weighted by molar-refractivity contribution is 8.12. The number of rotatable bonds is 3. The Labute approximate surface area is 115 Å². The average molecular weight is 337 g/mol. The summed E-state index contributed by atoms with van der Waals surface area (Å²) in [5, 5.41) is 0. The molecule has 0 N–H and O–H groups in total. The van der Waals surface area contributed by atoms with Crippen LogP contribution in [0.15, 0.2) is 18.7 Å². The first kappa shape index (κ1) is 18.9. The highest BCUT2D eigenvalue weighted by atomic mass is 32.3. The zero-order valence-electron chi connectivity index (χ0n) is 10.9. The number of imidazole rings is 1. The van der Waals surface area contributed by atoms with Gasteiger partial charge in [0.1, 0.15) is 12.4 Å². The third kappa shape index (κ3) is 6.86. The van der Waals surface area contributed by atoms with E-state index in [0.717, 1.165) is 6.54 Å². The molecule has 0 spiro atoms. The molecule has 0 unspecified atom stereocenters. The molecule has 1 rings (SSSR count). The van der Waals surface area contributed by atoms with E-state index in [9.17, 15) is 30.0 Å². The number of hydrogen-bond acceptors (Lipinski definition) is 4. The van der Waals surface area contributed by atoms with Crippen LogP contribution >= 0.6 is 0 Å². The van der Waals surface area contributed by atoms with Gasteiger partial charge in [-0.3, -0.25) is 0 Å². The van der Waals surface area contributed by atoms with Crippen LogP contribution in [0, 0.1) is 0 Å². The summed E-state index contributed by atoms with van der Waals surface area (Å²) < 4.78 is 80.1. The van der Waals surface area contributed by atoms with Crippen LogP contribution in [0.25, 0.3) is 4.13 Å². The SMILES string of the molecule is CCn1cc[n+](C)c1.CS(=O)(=O)[N-]S(=O)(=O)C(F)(F)F. The van der Waals surface area contributed by atoms with E-state index in [4.69, 9.17) is 0 Å². The maximum Gasteiger partial charge on any atom is 0.480 e. The quantitative estimate of drug-likeness (QED) is 0.751. The highest BCUT2D eigenvalue weighted by Gasteiger charge is 2.39. The molecule has 0 aromatic carbocycles. The fraction of sp³-hybridized carbons (Fsp3) is 0.625. The van der Waals surface area contributed by atoms with Gasteiger partial charge in [0.05, 0.1) is 23.6 Å². The van der Waals surface area contributed by atoms with Crippen molar-refractivity contribution >= 4 is 20.0 Å². The maximum atomic E-state index is 11.4. The molecule has 0 saturated carbocycles. The van der Waals surface area contributed by atoms with Crippen molar-refractivity contribution in [1.82, 2.24) is 4.57 Å². The first-order chi connectivity index (χ1) is 8.78. The summed E-state index contributed by atoms with van der Waals surface area (Å²) in [6, 6.07) is 0. The second-order valence-corrected chi connectivity index (χ2v) is 7.11. The van der Waals surface area contributed by atoms with Gasteiger partial charge in [-0.25, -0.2) is 26.0 Å². The molecule has 1 aromatic heterocycles. The van der Waals surface area contributed by atoms with Gasteiger partial charge in [0, 0.05) is 6.26 Å². The van der Waals surface area contributed by atoms with Gasteiger partial charge in [0.25, 0.3) is 0 Å². The van der Waals surface area contributed by atoms with Gasteiger partial charge >= 0.3 is 5.51 Å². The first-order valence-electron chi connectivity index (χ1n) is 5.05. The van der Waals surface area contributed by atoms with E-state index >= 15 is 0 Å². The number of halogens is 3. The Morgan fingerprint density at radius 2 is 1.75 bits per heavy atom. The Hall–Kier alpha value is -1.14. The van der Waals surface area contributed by atoms with Crippen molar-refractivity contribution in [1.29, 1.82) is 0 Å². The highest BCUT2D eigenvalue weighted by Crippen LogP contribution is 2.29. The molecule has 0 aliphatic rings. The molecule has 0 aliphatic heterocycles. The number of aromatic nitrogens is 2. The molecule has 20 heavy (non-hydrogen) atoms. The summed E-state index contributed by atoms with van der Waals surface area (Å²) in [6.07, 6.45) is 6.39. The predicted octanol–water partition coefficient (Wildman–Crippen LogP) is 0.502. The number of hydrogen-bond donors (Lipinski definition) is 0. The Morgan fingerprint density at radius 3 is 1.90 bits per heavy atom. The standard InChI is InChI=1S/C6H11N2.C2H3F3NO4S2/c1-3-8-5-4-7(2)6-8;1-11(7,8)6-12(9,10)2(3,4)5/h4-6H,3H2,1-2H3;1H3/q+1;-1.